The highest BCUT2D eigenvalue weighted by Crippen LogP contribution is 2.28. The van der Waals surface area contributed by atoms with Crippen molar-refractivity contribution in [3.05, 3.63) is 23.3 Å². The lowest BCUT2D eigenvalue weighted by atomic mass is 10.1. The van der Waals surface area contributed by atoms with E-state index in [0.29, 0.717) is 0 Å². The van der Waals surface area contributed by atoms with Crippen LogP contribution >= 0.6 is 10.7 Å². The van der Waals surface area contributed by atoms with Crippen LogP contribution in [0.25, 0.3) is 0 Å². The summed E-state index contributed by atoms with van der Waals surface area (Å²) in [5, 5.41) is 2.06. The molecular formula is C11H11ClF3NO3S. The molecule has 0 radical (unpaired) electrons. The Balaban J connectivity index is 3.04. The van der Waals surface area contributed by atoms with Crippen LogP contribution in [0, 0.1) is 13.8 Å². The molecule has 0 saturated carbocycles. The number of carbonyl (C=O) groups is 1. The summed E-state index contributed by atoms with van der Waals surface area (Å²) in [5.74, 6) is -1.22. The second-order valence-electron chi connectivity index (χ2n) is 4.22. The number of aryl methyl sites for hydroxylation is 2. The predicted octanol–water partition coefficient (Wildman–Crippen LogP) is 3.12. The minimum Gasteiger partial charge on any atom is -0.326 e. The van der Waals surface area contributed by atoms with Crippen LogP contribution in [0.3, 0.4) is 0 Å². The second kappa shape index (κ2) is 5.61. The fraction of sp³-hybridized carbons (Fsp3) is 0.364. The number of anilines is 1. The van der Waals surface area contributed by atoms with Gasteiger partial charge >= 0.3 is 6.18 Å². The van der Waals surface area contributed by atoms with Crippen LogP contribution in [0.5, 0.6) is 0 Å². The molecule has 1 rings (SSSR count). The fourth-order valence-corrected chi connectivity index (χ4v) is 3.41. The van der Waals surface area contributed by atoms with E-state index in [-0.39, 0.29) is 21.7 Å². The molecule has 0 aromatic heterocycles. The Bertz CT molecular complexity index is 618. The molecule has 0 atom stereocenters. The number of nitrogens with one attached hydrogen (secondary N) is 1. The van der Waals surface area contributed by atoms with E-state index < -0.39 is 27.6 Å². The molecule has 0 aliphatic rings. The number of hydrogen-bond acceptors (Lipinski definition) is 3. The molecule has 112 valence electrons. The molecule has 0 aliphatic carbocycles. The van der Waals surface area contributed by atoms with Gasteiger partial charge in [-0.05, 0) is 37.1 Å². The van der Waals surface area contributed by atoms with Crippen LogP contribution in [-0.2, 0) is 13.8 Å². The molecule has 0 aliphatic heterocycles. The van der Waals surface area contributed by atoms with E-state index >= 15 is 0 Å². The van der Waals surface area contributed by atoms with Crippen molar-refractivity contribution in [2.45, 2.75) is 31.3 Å². The van der Waals surface area contributed by atoms with Crippen LogP contribution in [0.2, 0.25) is 0 Å². The number of alkyl halides is 3. The largest absolute Gasteiger partial charge is 0.397 e. The van der Waals surface area contributed by atoms with Crippen molar-refractivity contribution in [2.75, 3.05) is 5.32 Å². The number of rotatable bonds is 3. The first kappa shape index (κ1) is 16.8. The van der Waals surface area contributed by atoms with Crippen molar-refractivity contribution in [2.24, 2.45) is 0 Å². The third-order valence-corrected chi connectivity index (χ3v) is 3.94. The highest BCUT2D eigenvalue weighted by atomic mass is 35.7. The summed E-state index contributed by atoms with van der Waals surface area (Å²) in [5.41, 5.74) is 0.558. The number of carbonyl (C=O) groups excluding carboxylic acids is 1. The molecule has 20 heavy (non-hydrogen) atoms. The van der Waals surface area contributed by atoms with Crippen LogP contribution in [-0.4, -0.2) is 20.5 Å². The summed E-state index contributed by atoms with van der Waals surface area (Å²) in [7, 11) is 1.29. The topological polar surface area (TPSA) is 63.2 Å². The lowest BCUT2D eigenvalue weighted by Gasteiger charge is -2.12. The van der Waals surface area contributed by atoms with Gasteiger partial charge in [0.1, 0.15) is 6.42 Å². The first-order valence-electron chi connectivity index (χ1n) is 5.32. The molecule has 9 heteroatoms. The van der Waals surface area contributed by atoms with Crippen LogP contribution in [0.1, 0.15) is 17.5 Å². The maximum absolute atomic E-state index is 12.0. The molecule has 0 bridgehead atoms. The first-order valence-corrected chi connectivity index (χ1v) is 7.63. The zero-order chi connectivity index (χ0) is 15.7. The Hall–Kier alpha value is -1.28. The predicted molar refractivity (Wildman–Crippen MR) is 68.3 cm³/mol. The summed E-state index contributed by atoms with van der Waals surface area (Å²) in [6.45, 7) is 2.86. The molecule has 0 saturated heterocycles. The highest BCUT2D eigenvalue weighted by molar-refractivity contribution is 8.13. The maximum atomic E-state index is 12.0. The molecule has 0 spiro atoms. The Labute approximate surface area is 118 Å². The molecule has 1 N–H and O–H groups in total. The Kier molecular flexibility index (Phi) is 4.70. The van der Waals surface area contributed by atoms with E-state index in [9.17, 15) is 26.4 Å². The van der Waals surface area contributed by atoms with Gasteiger partial charge in [0.05, 0.1) is 4.90 Å². The fourth-order valence-electron chi connectivity index (χ4n) is 1.79. The van der Waals surface area contributed by atoms with Gasteiger partial charge in [0.2, 0.25) is 5.91 Å². The van der Waals surface area contributed by atoms with Gasteiger partial charge < -0.3 is 5.32 Å². The third-order valence-electron chi connectivity index (χ3n) is 2.35. The van der Waals surface area contributed by atoms with Crippen molar-refractivity contribution in [1.29, 1.82) is 0 Å². The van der Waals surface area contributed by atoms with Gasteiger partial charge in [0.25, 0.3) is 9.05 Å². The minimum absolute atomic E-state index is 0.0818. The molecular weight excluding hydrogens is 319 g/mol. The lowest BCUT2D eigenvalue weighted by Crippen LogP contribution is -2.21. The van der Waals surface area contributed by atoms with Crippen LogP contribution in [0.15, 0.2) is 17.0 Å². The van der Waals surface area contributed by atoms with E-state index in [1.807, 2.05) is 0 Å². The summed E-state index contributed by atoms with van der Waals surface area (Å²) >= 11 is 0. The monoisotopic (exact) mass is 329 g/mol. The molecule has 4 nitrogen and oxygen atoms in total. The molecule has 1 aromatic carbocycles. The Morgan fingerprint density at radius 3 is 2.05 bits per heavy atom. The first-order chi connectivity index (χ1) is 8.90. The van der Waals surface area contributed by atoms with E-state index in [0.717, 1.165) is 0 Å². The summed E-state index contributed by atoms with van der Waals surface area (Å²) in [4.78, 5) is 11.0. The average Bonchev–Trinajstić information content (AvgIpc) is 2.08. The summed E-state index contributed by atoms with van der Waals surface area (Å²) < 4.78 is 58.7. The van der Waals surface area contributed by atoms with E-state index in [1.54, 1.807) is 0 Å². The Morgan fingerprint density at radius 2 is 1.70 bits per heavy atom. The van der Waals surface area contributed by atoms with Crippen LogP contribution in [0.4, 0.5) is 18.9 Å². The van der Waals surface area contributed by atoms with E-state index in [1.165, 1.54) is 26.0 Å². The van der Waals surface area contributed by atoms with Gasteiger partial charge in [0, 0.05) is 16.4 Å². The standard InChI is InChI=1S/C11H11ClF3NO3S/c1-6-3-8(16-9(17)5-11(13,14)15)4-7(2)10(6)20(12,18)19/h3-4H,5H2,1-2H3,(H,16,17). The van der Waals surface area contributed by atoms with Crippen molar-refractivity contribution in [1.82, 2.24) is 0 Å². The van der Waals surface area contributed by atoms with Gasteiger partial charge in [0.15, 0.2) is 0 Å². The quantitative estimate of drug-likeness (QED) is 0.867. The molecule has 0 unspecified atom stereocenters. The minimum atomic E-state index is -4.60. The maximum Gasteiger partial charge on any atom is 0.397 e. The van der Waals surface area contributed by atoms with Crippen molar-refractivity contribution in [3.63, 3.8) is 0 Å². The van der Waals surface area contributed by atoms with Crippen molar-refractivity contribution in [3.8, 4) is 0 Å². The normalized spacial score (nSPS) is 12.3. The summed E-state index contributed by atoms with van der Waals surface area (Å²) in [6.07, 6.45) is -6.21. The van der Waals surface area contributed by atoms with E-state index in [2.05, 4.69) is 5.32 Å². The van der Waals surface area contributed by atoms with Gasteiger partial charge in [-0.1, -0.05) is 0 Å². The highest BCUT2D eigenvalue weighted by Gasteiger charge is 2.31. The van der Waals surface area contributed by atoms with Crippen LogP contribution < -0.4 is 5.32 Å². The number of benzene rings is 1. The zero-order valence-corrected chi connectivity index (χ0v) is 12.1. The molecule has 0 fully saturated rings. The summed E-state index contributed by atoms with van der Waals surface area (Å²) in [6, 6.07) is 2.49. The van der Waals surface area contributed by atoms with Crippen molar-refractivity contribution >= 4 is 31.3 Å². The van der Waals surface area contributed by atoms with Gasteiger partial charge in [-0.2, -0.15) is 13.2 Å². The second-order valence-corrected chi connectivity index (χ2v) is 6.72. The van der Waals surface area contributed by atoms with Crippen molar-refractivity contribution < 1.29 is 26.4 Å². The molecule has 1 aromatic rings. The lowest BCUT2D eigenvalue weighted by molar-refractivity contribution is -0.150. The smallest absolute Gasteiger partial charge is 0.326 e. The number of amides is 1. The average molecular weight is 330 g/mol. The number of hydrogen-bond donors (Lipinski definition) is 1. The number of halogens is 4. The van der Waals surface area contributed by atoms with E-state index in [4.69, 9.17) is 10.7 Å². The van der Waals surface area contributed by atoms with Gasteiger partial charge in [-0.3, -0.25) is 4.79 Å². The molecule has 0 heterocycles. The van der Waals surface area contributed by atoms with Gasteiger partial charge in [-0.15, -0.1) is 0 Å². The molecule has 1 amide bonds. The zero-order valence-electron chi connectivity index (χ0n) is 10.5. The van der Waals surface area contributed by atoms with Gasteiger partial charge in [-0.25, -0.2) is 8.42 Å². The third kappa shape index (κ3) is 4.68. The SMILES string of the molecule is Cc1cc(NC(=O)CC(F)(F)F)cc(C)c1S(=O)(=O)Cl. The Morgan fingerprint density at radius 1 is 1.25 bits per heavy atom.